The van der Waals surface area contributed by atoms with Crippen LogP contribution in [0.5, 0.6) is 0 Å². The molecule has 0 spiro atoms. The van der Waals surface area contributed by atoms with Crippen molar-refractivity contribution in [2.24, 2.45) is 0 Å². The van der Waals surface area contributed by atoms with E-state index in [2.05, 4.69) is 10.4 Å². The van der Waals surface area contributed by atoms with Gasteiger partial charge in [0.1, 0.15) is 0 Å². The SMILES string of the molecule is Cc1nc(CCCCO)cs1. The molecule has 0 aromatic carbocycles. The Morgan fingerprint density at radius 3 is 2.91 bits per heavy atom. The lowest BCUT2D eigenvalue weighted by Crippen LogP contribution is -1.88. The number of hydrogen-bond donors (Lipinski definition) is 1. The Bertz CT molecular complexity index is 210. The predicted molar refractivity (Wildman–Crippen MR) is 46.9 cm³/mol. The monoisotopic (exact) mass is 171 g/mol. The molecule has 11 heavy (non-hydrogen) atoms. The highest BCUT2D eigenvalue weighted by atomic mass is 32.1. The van der Waals surface area contributed by atoms with Crippen LogP contribution in [0, 0.1) is 6.92 Å². The van der Waals surface area contributed by atoms with Crippen LogP contribution in [0.2, 0.25) is 0 Å². The lowest BCUT2D eigenvalue weighted by Gasteiger charge is -1.92. The van der Waals surface area contributed by atoms with Crippen molar-refractivity contribution in [1.29, 1.82) is 0 Å². The number of aryl methyl sites for hydroxylation is 2. The zero-order valence-electron chi connectivity index (χ0n) is 6.71. The number of aliphatic hydroxyl groups is 1. The molecule has 0 radical (unpaired) electrons. The van der Waals surface area contributed by atoms with E-state index in [9.17, 15) is 0 Å². The van der Waals surface area contributed by atoms with E-state index < -0.39 is 0 Å². The largest absolute Gasteiger partial charge is 0.396 e. The zero-order chi connectivity index (χ0) is 8.10. The first-order valence-electron chi connectivity index (χ1n) is 3.85. The zero-order valence-corrected chi connectivity index (χ0v) is 7.52. The van der Waals surface area contributed by atoms with Crippen molar-refractivity contribution in [1.82, 2.24) is 4.98 Å². The molecule has 1 heterocycles. The van der Waals surface area contributed by atoms with Gasteiger partial charge in [-0.15, -0.1) is 11.3 Å². The Balaban J connectivity index is 2.27. The van der Waals surface area contributed by atoms with E-state index >= 15 is 0 Å². The Morgan fingerprint density at radius 2 is 2.36 bits per heavy atom. The van der Waals surface area contributed by atoms with Crippen molar-refractivity contribution in [3.63, 3.8) is 0 Å². The van der Waals surface area contributed by atoms with Crippen molar-refractivity contribution in [3.05, 3.63) is 16.1 Å². The van der Waals surface area contributed by atoms with E-state index in [-0.39, 0.29) is 0 Å². The summed E-state index contributed by atoms with van der Waals surface area (Å²) in [5.41, 5.74) is 1.17. The number of hydrogen-bond acceptors (Lipinski definition) is 3. The summed E-state index contributed by atoms with van der Waals surface area (Å²) in [4.78, 5) is 4.32. The molecule has 0 atom stereocenters. The molecule has 0 bridgehead atoms. The molecule has 0 aliphatic heterocycles. The van der Waals surface area contributed by atoms with Gasteiger partial charge in [-0.2, -0.15) is 0 Å². The van der Waals surface area contributed by atoms with Gasteiger partial charge in [-0.1, -0.05) is 0 Å². The Hall–Kier alpha value is -0.410. The highest BCUT2D eigenvalue weighted by molar-refractivity contribution is 7.09. The summed E-state index contributed by atoms with van der Waals surface area (Å²) in [7, 11) is 0. The summed E-state index contributed by atoms with van der Waals surface area (Å²) >= 11 is 1.69. The van der Waals surface area contributed by atoms with Crippen molar-refractivity contribution >= 4 is 11.3 Å². The van der Waals surface area contributed by atoms with Gasteiger partial charge in [0.25, 0.3) is 0 Å². The average molecular weight is 171 g/mol. The van der Waals surface area contributed by atoms with Crippen LogP contribution in [0.1, 0.15) is 23.5 Å². The molecule has 0 saturated carbocycles. The molecule has 0 amide bonds. The first-order valence-corrected chi connectivity index (χ1v) is 4.73. The maximum absolute atomic E-state index is 8.53. The molecule has 0 aliphatic carbocycles. The van der Waals surface area contributed by atoms with Gasteiger partial charge in [0.2, 0.25) is 0 Å². The molecule has 1 N–H and O–H groups in total. The van der Waals surface area contributed by atoms with Crippen molar-refractivity contribution in [2.45, 2.75) is 26.2 Å². The molecule has 1 aromatic rings. The van der Waals surface area contributed by atoms with Gasteiger partial charge in [-0.25, -0.2) is 4.98 Å². The number of aliphatic hydroxyl groups excluding tert-OH is 1. The van der Waals surface area contributed by atoms with Gasteiger partial charge in [0.15, 0.2) is 0 Å². The Morgan fingerprint density at radius 1 is 1.55 bits per heavy atom. The lowest BCUT2D eigenvalue weighted by atomic mass is 10.2. The van der Waals surface area contributed by atoms with E-state index in [4.69, 9.17) is 5.11 Å². The minimum Gasteiger partial charge on any atom is -0.396 e. The van der Waals surface area contributed by atoms with E-state index in [1.54, 1.807) is 11.3 Å². The number of aromatic nitrogens is 1. The molecular formula is C8H13NOS. The van der Waals surface area contributed by atoms with Gasteiger partial charge in [-0.3, -0.25) is 0 Å². The van der Waals surface area contributed by atoms with Crippen LogP contribution >= 0.6 is 11.3 Å². The van der Waals surface area contributed by atoms with Crippen LogP contribution in [-0.4, -0.2) is 16.7 Å². The fraction of sp³-hybridized carbons (Fsp3) is 0.625. The molecule has 2 nitrogen and oxygen atoms in total. The summed E-state index contributed by atoms with van der Waals surface area (Å²) in [5, 5.41) is 11.8. The van der Waals surface area contributed by atoms with Crippen molar-refractivity contribution in [3.8, 4) is 0 Å². The van der Waals surface area contributed by atoms with E-state index in [1.165, 1.54) is 5.69 Å². The molecule has 0 aliphatic rings. The van der Waals surface area contributed by atoms with Crippen LogP contribution < -0.4 is 0 Å². The minimum atomic E-state index is 0.295. The predicted octanol–water partition coefficient (Wildman–Crippen LogP) is 1.77. The van der Waals surface area contributed by atoms with Crippen LogP contribution in [0.3, 0.4) is 0 Å². The normalized spacial score (nSPS) is 10.4. The third kappa shape index (κ3) is 2.99. The molecule has 62 valence electrons. The molecule has 1 rings (SSSR count). The van der Waals surface area contributed by atoms with E-state index in [0.29, 0.717) is 6.61 Å². The fourth-order valence-corrected chi connectivity index (χ4v) is 1.59. The summed E-state index contributed by atoms with van der Waals surface area (Å²) in [5.74, 6) is 0. The second-order valence-corrected chi connectivity index (χ2v) is 3.60. The molecule has 0 fully saturated rings. The van der Waals surface area contributed by atoms with E-state index in [0.717, 1.165) is 24.3 Å². The van der Waals surface area contributed by atoms with E-state index in [1.807, 2.05) is 6.92 Å². The summed E-state index contributed by atoms with van der Waals surface area (Å²) in [6, 6.07) is 0. The van der Waals surface area contributed by atoms with Gasteiger partial charge in [0, 0.05) is 12.0 Å². The molecule has 1 aromatic heterocycles. The maximum atomic E-state index is 8.53. The Labute approximate surface area is 70.9 Å². The van der Waals surface area contributed by atoms with Gasteiger partial charge in [-0.05, 0) is 26.2 Å². The first-order chi connectivity index (χ1) is 5.33. The first kappa shape index (κ1) is 8.68. The molecule has 3 heteroatoms. The fourth-order valence-electron chi connectivity index (χ4n) is 0.941. The van der Waals surface area contributed by atoms with Gasteiger partial charge in [0.05, 0.1) is 10.7 Å². The highest BCUT2D eigenvalue weighted by Gasteiger charge is 1.96. The average Bonchev–Trinajstić information content (AvgIpc) is 2.37. The second kappa shape index (κ2) is 4.46. The third-order valence-electron chi connectivity index (χ3n) is 1.51. The number of thiazole rings is 1. The number of rotatable bonds is 4. The maximum Gasteiger partial charge on any atom is 0.0897 e. The standard InChI is InChI=1S/C8H13NOS/c1-7-9-8(6-11-7)4-2-3-5-10/h6,10H,2-5H2,1H3. The quantitative estimate of drug-likeness (QED) is 0.700. The smallest absolute Gasteiger partial charge is 0.0897 e. The van der Waals surface area contributed by atoms with Gasteiger partial charge < -0.3 is 5.11 Å². The summed E-state index contributed by atoms with van der Waals surface area (Å²) in [6.45, 7) is 2.31. The topological polar surface area (TPSA) is 33.1 Å². The number of nitrogens with zero attached hydrogens (tertiary/aromatic N) is 1. The number of unbranched alkanes of at least 4 members (excludes halogenated alkanes) is 1. The third-order valence-corrected chi connectivity index (χ3v) is 2.33. The van der Waals surface area contributed by atoms with Crippen LogP contribution in [0.4, 0.5) is 0 Å². The summed E-state index contributed by atoms with van der Waals surface area (Å²) < 4.78 is 0. The van der Waals surface area contributed by atoms with Crippen LogP contribution in [-0.2, 0) is 6.42 Å². The molecule has 0 saturated heterocycles. The summed E-state index contributed by atoms with van der Waals surface area (Å²) in [6.07, 6.45) is 2.93. The second-order valence-electron chi connectivity index (χ2n) is 2.54. The van der Waals surface area contributed by atoms with Crippen molar-refractivity contribution < 1.29 is 5.11 Å². The molecular weight excluding hydrogens is 158 g/mol. The minimum absolute atomic E-state index is 0.295. The Kier molecular flexibility index (Phi) is 3.52. The van der Waals surface area contributed by atoms with Crippen LogP contribution in [0.25, 0.3) is 0 Å². The van der Waals surface area contributed by atoms with Crippen LogP contribution in [0.15, 0.2) is 5.38 Å². The lowest BCUT2D eigenvalue weighted by molar-refractivity contribution is 0.284. The molecule has 0 unspecified atom stereocenters. The van der Waals surface area contributed by atoms with Gasteiger partial charge >= 0.3 is 0 Å². The highest BCUT2D eigenvalue weighted by Crippen LogP contribution is 2.10. The van der Waals surface area contributed by atoms with Crippen molar-refractivity contribution in [2.75, 3.05) is 6.61 Å².